The van der Waals surface area contributed by atoms with Gasteiger partial charge in [0.25, 0.3) is 5.91 Å². The maximum Gasteiger partial charge on any atom is 0.256 e. The Bertz CT molecular complexity index is 901. The Labute approximate surface area is 165 Å². The van der Waals surface area contributed by atoms with Crippen LogP contribution in [0, 0.1) is 13.8 Å². The van der Waals surface area contributed by atoms with E-state index < -0.39 is 0 Å². The highest BCUT2D eigenvalue weighted by Gasteiger charge is 2.20. The van der Waals surface area contributed by atoms with E-state index in [9.17, 15) is 4.79 Å². The van der Waals surface area contributed by atoms with E-state index in [-0.39, 0.29) is 5.91 Å². The number of rotatable bonds is 7. The fourth-order valence-electron chi connectivity index (χ4n) is 3.01. The molecule has 0 fully saturated rings. The van der Waals surface area contributed by atoms with E-state index in [0.717, 1.165) is 18.4 Å². The molecule has 5 heteroatoms. The first kappa shape index (κ1) is 19.2. The highest BCUT2D eigenvalue weighted by atomic mass is 35.5. The first-order valence-electron chi connectivity index (χ1n) is 9.15. The van der Waals surface area contributed by atoms with Gasteiger partial charge in [0.2, 0.25) is 0 Å². The Morgan fingerprint density at radius 1 is 1.04 bits per heavy atom. The van der Waals surface area contributed by atoms with Crippen LogP contribution in [0.5, 0.6) is 0 Å². The minimum absolute atomic E-state index is 0.166. The first-order valence-corrected chi connectivity index (χ1v) is 9.53. The lowest BCUT2D eigenvalue weighted by Gasteiger charge is -2.06. The molecule has 0 saturated heterocycles. The summed E-state index contributed by atoms with van der Waals surface area (Å²) in [5, 5.41) is 7.79. The first-order chi connectivity index (χ1) is 13.0. The van der Waals surface area contributed by atoms with E-state index in [1.807, 2.05) is 37.3 Å². The van der Waals surface area contributed by atoms with E-state index in [1.54, 1.807) is 4.68 Å². The van der Waals surface area contributed by atoms with E-state index in [2.05, 4.69) is 41.6 Å². The lowest BCUT2D eigenvalue weighted by molar-refractivity contribution is 0.0952. The quantitative estimate of drug-likeness (QED) is 0.609. The van der Waals surface area contributed by atoms with Crippen LogP contribution in [0.3, 0.4) is 0 Å². The largest absolute Gasteiger partial charge is 0.352 e. The lowest BCUT2D eigenvalue weighted by atomic mass is 10.1. The molecular formula is C22H24ClN3O. The molecule has 140 valence electrons. The zero-order chi connectivity index (χ0) is 19.2. The fourth-order valence-corrected chi connectivity index (χ4v) is 3.33. The van der Waals surface area contributed by atoms with Crippen LogP contribution in [0.1, 0.15) is 39.2 Å². The Kier molecular flexibility index (Phi) is 6.30. The smallest absolute Gasteiger partial charge is 0.256 e. The van der Waals surface area contributed by atoms with Crippen LogP contribution in [0.2, 0.25) is 5.15 Å². The summed E-state index contributed by atoms with van der Waals surface area (Å²) in [6, 6.07) is 18.5. The molecule has 0 spiro atoms. The summed E-state index contributed by atoms with van der Waals surface area (Å²) in [6.07, 6.45) is 1.81. The summed E-state index contributed by atoms with van der Waals surface area (Å²) in [6.45, 7) is 5.01. The van der Waals surface area contributed by atoms with Crippen LogP contribution in [-0.4, -0.2) is 22.2 Å². The van der Waals surface area contributed by atoms with Gasteiger partial charge < -0.3 is 5.32 Å². The number of benzene rings is 2. The van der Waals surface area contributed by atoms with E-state index >= 15 is 0 Å². The summed E-state index contributed by atoms with van der Waals surface area (Å²) in [5.41, 5.74) is 4.68. The maximum absolute atomic E-state index is 12.6. The van der Waals surface area contributed by atoms with Crippen molar-refractivity contribution in [3.63, 3.8) is 0 Å². The highest BCUT2D eigenvalue weighted by Crippen LogP contribution is 2.21. The molecule has 1 aromatic heterocycles. The molecule has 4 nitrogen and oxygen atoms in total. The number of hydrogen-bond acceptors (Lipinski definition) is 2. The molecule has 0 aliphatic carbocycles. The van der Waals surface area contributed by atoms with Crippen molar-refractivity contribution in [1.29, 1.82) is 0 Å². The Balaban J connectivity index is 1.59. The van der Waals surface area contributed by atoms with Crippen molar-refractivity contribution in [1.82, 2.24) is 15.1 Å². The molecule has 3 rings (SSSR count). The number of carbonyl (C=O) groups is 1. The Morgan fingerprint density at radius 2 is 1.74 bits per heavy atom. The number of aromatic nitrogens is 2. The van der Waals surface area contributed by atoms with Gasteiger partial charge in [-0.1, -0.05) is 71.8 Å². The van der Waals surface area contributed by atoms with Crippen LogP contribution >= 0.6 is 11.6 Å². The summed E-state index contributed by atoms with van der Waals surface area (Å²) >= 11 is 6.45. The number of nitrogens with zero attached hydrogens (tertiary/aromatic N) is 2. The zero-order valence-corrected chi connectivity index (χ0v) is 16.5. The van der Waals surface area contributed by atoms with Crippen molar-refractivity contribution < 1.29 is 4.79 Å². The van der Waals surface area contributed by atoms with Gasteiger partial charge in [0, 0.05) is 6.54 Å². The number of nitrogens with one attached hydrogen (secondary N) is 1. The average Bonchev–Trinajstić information content (AvgIpc) is 2.95. The van der Waals surface area contributed by atoms with Crippen molar-refractivity contribution >= 4 is 17.5 Å². The van der Waals surface area contributed by atoms with Gasteiger partial charge in [-0.3, -0.25) is 4.79 Å². The second-order valence-corrected chi connectivity index (χ2v) is 7.10. The van der Waals surface area contributed by atoms with Crippen molar-refractivity contribution in [3.8, 4) is 0 Å². The van der Waals surface area contributed by atoms with Crippen molar-refractivity contribution in [2.24, 2.45) is 0 Å². The monoisotopic (exact) mass is 381 g/mol. The molecule has 0 bridgehead atoms. The molecule has 1 N–H and O–H groups in total. The predicted octanol–water partition coefficient (Wildman–Crippen LogP) is 4.56. The van der Waals surface area contributed by atoms with Crippen LogP contribution in [-0.2, 0) is 13.0 Å². The Morgan fingerprint density at radius 3 is 2.44 bits per heavy atom. The second kappa shape index (κ2) is 8.87. The number of halogens is 1. The van der Waals surface area contributed by atoms with Gasteiger partial charge in [-0.25, -0.2) is 4.68 Å². The van der Waals surface area contributed by atoms with Gasteiger partial charge in [0.05, 0.1) is 17.8 Å². The van der Waals surface area contributed by atoms with Crippen molar-refractivity contribution in [3.05, 3.63) is 87.7 Å². The SMILES string of the molecule is Cc1ccc(Cn2nc(C)c(C(=O)NCCCc3ccccc3)c2Cl)cc1. The molecule has 2 aromatic carbocycles. The summed E-state index contributed by atoms with van der Waals surface area (Å²) in [5.74, 6) is -0.166. The van der Waals surface area contributed by atoms with E-state index in [0.29, 0.717) is 29.5 Å². The number of hydrogen-bond donors (Lipinski definition) is 1. The van der Waals surface area contributed by atoms with Crippen LogP contribution in [0.15, 0.2) is 54.6 Å². The van der Waals surface area contributed by atoms with E-state index in [1.165, 1.54) is 11.1 Å². The van der Waals surface area contributed by atoms with Gasteiger partial charge >= 0.3 is 0 Å². The molecule has 1 heterocycles. The predicted molar refractivity (Wildman–Crippen MR) is 109 cm³/mol. The second-order valence-electron chi connectivity index (χ2n) is 6.74. The van der Waals surface area contributed by atoms with Crippen LogP contribution in [0.25, 0.3) is 0 Å². The molecule has 0 aliphatic rings. The molecule has 27 heavy (non-hydrogen) atoms. The molecule has 0 radical (unpaired) electrons. The molecular weight excluding hydrogens is 358 g/mol. The van der Waals surface area contributed by atoms with Gasteiger partial charge in [-0.2, -0.15) is 5.10 Å². The number of aryl methyl sites for hydroxylation is 3. The van der Waals surface area contributed by atoms with E-state index in [4.69, 9.17) is 11.6 Å². The van der Waals surface area contributed by atoms with Crippen molar-refractivity contribution in [2.75, 3.05) is 6.54 Å². The molecule has 3 aromatic rings. The number of carbonyl (C=O) groups excluding carboxylic acids is 1. The molecule has 0 unspecified atom stereocenters. The van der Waals surface area contributed by atoms with Gasteiger partial charge in [-0.05, 0) is 37.8 Å². The average molecular weight is 382 g/mol. The van der Waals surface area contributed by atoms with Crippen LogP contribution < -0.4 is 5.32 Å². The Hall–Kier alpha value is -2.59. The lowest BCUT2D eigenvalue weighted by Crippen LogP contribution is -2.25. The molecule has 1 amide bonds. The highest BCUT2D eigenvalue weighted by molar-refractivity contribution is 6.33. The van der Waals surface area contributed by atoms with Crippen molar-refractivity contribution in [2.45, 2.75) is 33.2 Å². The number of amides is 1. The topological polar surface area (TPSA) is 46.9 Å². The molecule has 0 saturated carbocycles. The van der Waals surface area contributed by atoms with Gasteiger partial charge in [0.15, 0.2) is 0 Å². The third-order valence-corrected chi connectivity index (χ3v) is 4.90. The maximum atomic E-state index is 12.6. The van der Waals surface area contributed by atoms with Gasteiger partial charge in [-0.15, -0.1) is 0 Å². The third-order valence-electron chi connectivity index (χ3n) is 4.52. The summed E-state index contributed by atoms with van der Waals surface area (Å²) in [7, 11) is 0. The normalized spacial score (nSPS) is 10.8. The van der Waals surface area contributed by atoms with Gasteiger partial charge in [0.1, 0.15) is 5.15 Å². The van der Waals surface area contributed by atoms with Crippen LogP contribution in [0.4, 0.5) is 0 Å². The minimum atomic E-state index is -0.166. The molecule has 0 aliphatic heterocycles. The standard InChI is InChI=1S/C22H24ClN3O/c1-16-10-12-19(13-11-16)15-26-21(23)20(17(2)25-26)22(27)24-14-6-9-18-7-4-3-5-8-18/h3-5,7-8,10-13H,6,9,14-15H2,1-2H3,(H,24,27). The third kappa shape index (κ3) is 4.98. The molecule has 0 atom stereocenters. The minimum Gasteiger partial charge on any atom is -0.352 e. The zero-order valence-electron chi connectivity index (χ0n) is 15.7. The fraction of sp³-hybridized carbons (Fsp3) is 0.273. The summed E-state index contributed by atoms with van der Waals surface area (Å²) < 4.78 is 1.68. The summed E-state index contributed by atoms with van der Waals surface area (Å²) in [4.78, 5) is 12.6.